The Labute approximate surface area is 110 Å². The molecule has 0 unspecified atom stereocenters. The van der Waals surface area contributed by atoms with Crippen molar-refractivity contribution in [2.45, 2.75) is 43.4 Å². The number of hydrogen-bond acceptors (Lipinski definition) is 2. The van der Waals surface area contributed by atoms with Gasteiger partial charge in [-0.3, -0.25) is 0 Å². The van der Waals surface area contributed by atoms with Crippen molar-refractivity contribution in [1.29, 1.82) is 0 Å². The smallest absolute Gasteiger partial charge is 0.181 e. The fraction of sp³-hybridized carbons (Fsp3) is 0.786. The quantitative estimate of drug-likeness (QED) is 0.768. The number of aromatic nitrogens is 1. The first kappa shape index (κ1) is 10.6. The SMILES string of the molecule is BrCc1ncoc1C1C2CC3CC(C2)CC1C3. The van der Waals surface area contributed by atoms with Gasteiger partial charge < -0.3 is 4.42 Å². The monoisotopic (exact) mass is 295 g/mol. The first-order chi connectivity index (χ1) is 8.35. The summed E-state index contributed by atoms with van der Waals surface area (Å²) in [7, 11) is 0. The van der Waals surface area contributed by atoms with Gasteiger partial charge in [0.2, 0.25) is 0 Å². The molecule has 1 aromatic heterocycles. The van der Waals surface area contributed by atoms with Crippen LogP contribution in [-0.2, 0) is 5.33 Å². The van der Waals surface area contributed by atoms with Gasteiger partial charge in [0.25, 0.3) is 0 Å². The van der Waals surface area contributed by atoms with E-state index in [1.54, 1.807) is 6.39 Å². The summed E-state index contributed by atoms with van der Waals surface area (Å²) in [6, 6.07) is 0. The van der Waals surface area contributed by atoms with E-state index in [-0.39, 0.29) is 0 Å². The van der Waals surface area contributed by atoms with Crippen molar-refractivity contribution in [2.75, 3.05) is 0 Å². The zero-order chi connectivity index (χ0) is 11.4. The maximum atomic E-state index is 5.74. The molecule has 0 N–H and O–H groups in total. The minimum absolute atomic E-state index is 0.679. The molecule has 2 nitrogen and oxygen atoms in total. The average Bonchev–Trinajstić information content (AvgIpc) is 2.75. The van der Waals surface area contributed by atoms with E-state index in [2.05, 4.69) is 20.9 Å². The van der Waals surface area contributed by atoms with E-state index in [0.29, 0.717) is 5.92 Å². The molecule has 17 heavy (non-hydrogen) atoms. The average molecular weight is 296 g/mol. The van der Waals surface area contributed by atoms with Crippen molar-refractivity contribution in [3.63, 3.8) is 0 Å². The molecule has 3 heteroatoms. The Morgan fingerprint density at radius 2 is 1.76 bits per heavy atom. The molecule has 4 aliphatic carbocycles. The molecule has 0 aliphatic heterocycles. The second-order valence-electron chi connectivity index (χ2n) is 6.25. The normalized spacial score (nSPS) is 43.2. The lowest BCUT2D eigenvalue weighted by Gasteiger charge is -2.53. The molecule has 0 spiro atoms. The van der Waals surface area contributed by atoms with Gasteiger partial charge >= 0.3 is 0 Å². The van der Waals surface area contributed by atoms with Crippen LogP contribution in [0.25, 0.3) is 0 Å². The second-order valence-corrected chi connectivity index (χ2v) is 6.81. The van der Waals surface area contributed by atoms with Crippen molar-refractivity contribution in [3.8, 4) is 0 Å². The number of hydrogen-bond donors (Lipinski definition) is 0. The van der Waals surface area contributed by atoms with E-state index in [1.165, 1.54) is 37.9 Å². The third-order valence-corrected chi connectivity index (χ3v) is 5.86. The molecule has 1 heterocycles. The highest BCUT2D eigenvalue weighted by Gasteiger charge is 2.50. The van der Waals surface area contributed by atoms with E-state index >= 15 is 0 Å². The molecule has 4 saturated carbocycles. The first-order valence-electron chi connectivity index (χ1n) is 6.83. The zero-order valence-electron chi connectivity index (χ0n) is 9.94. The van der Waals surface area contributed by atoms with E-state index < -0.39 is 0 Å². The lowest BCUT2D eigenvalue weighted by atomic mass is 9.51. The summed E-state index contributed by atoms with van der Waals surface area (Å²) in [5.41, 5.74) is 1.14. The number of nitrogens with zero attached hydrogens (tertiary/aromatic N) is 1. The fourth-order valence-corrected chi connectivity index (χ4v) is 5.42. The highest BCUT2D eigenvalue weighted by Crippen LogP contribution is 2.60. The summed E-state index contributed by atoms with van der Waals surface area (Å²) >= 11 is 3.53. The Bertz CT molecular complexity index is 400. The Hall–Kier alpha value is -0.310. The molecule has 0 atom stereocenters. The molecular formula is C14H18BrNO. The topological polar surface area (TPSA) is 26.0 Å². The minimum atomic E-state index is 0.679. The zero-order valence-corrected chi connectivity index (χ0v) is 11.5. The standard InChI is InChI=1S/C14H18BrNO/c15-6-12-14(17-7-16-12)13-10-2-8-1-9(4-10)5-11(13)3-8/h7-11,13H,1-6H2. The van der Waals surface area contributed by atoms with Gasteiger partial charge in [0.15, 0.2) is 6.39 Å². The van der Waals surface area contributed by atoms with E-state index in [0.717, 1.165) is 34.7 Å². The van der Waals surface area contributed by atoms with Crippen molar-refractivity contribution in [2.24, 2.45) is 23.7 Å². The van der Waals surface area contributed by atoms with Crippen LogP contribution in [0.15, 0.2) is 10.8 Å². The predicted molar refractivity (Wildman–Crippen MR) is 68.9 cm³/mol. The van der Waals surface area contributed by atoms with Gasteiger partial charge in [-0.05, 0) is 55.8 Å². The third-order valence-electron chi connectivity index (χ3n) is 5.33. The fourth-order valence-electron chi connectivity index (χ4n) is 5.00. The summed E-state index contributed by atoms with van der Waals surface area (Å²) in [6.07, 6.45) is 8.93. The van der Waals surface area contributed by atoms with Gasteiger partial charge in [0, 0.05) is 11.2 Å². The largest absolute Gasteiger partial charge is 0.448 e. The summed E-state index contributed by atoms with van der Waals surface area (Å²) in [5, 5.41) is 0.835. The van der Waals surface area contributed by atoms with Crippen LogP contribution < -0.4 is 0 Å². The van der Waals surface area contributed by atoms with Crippen molar-refractivity contribution in [3.05, 3.63) is 17.8 Å². The van der Waals surface area contributed by atoms with Crippen LogP contribution >= 0.6 is 15.9 Å². The molecule has 92 valence electrons. The number of rotatable bonds is 2. The lowest BCUT2D eigenvalue weighted by Crippen LogP contribution is -2.43. The maximum absolute atomic E-state index is 5.74. The number of oxazole rings is 1. The molecule has 0 aromatic carbocycles. The molecule has 5 rings (SSSR count). The molecule has 0 saturated heterocycles. The molecule has 4 aliphatic rings. The van der Waals surface area contributed by atoms with Crippen LogP contribution in [0.5, 0.6) is 0 Å². The third kappa shape index (κ3) is 1.54. The van der Waals surface area contributed by atoms with E-state index in [4.69, 9.17) is 4.42 Å². The molecule has 0 radical (unpaired) electrons. The van der Waals surface area contributed by atoms with Crippen LogP contribution in [-0.4, -0.2) is 4.98 Å². The van der Waals surface area contributed by atoms with E-state index in [9.17, 15) is 0 Å². The van der Waals surface area contributed by atoms with Gasteiger partial charge in [0.1, 0.15) is 5.76 Å². The van der Waals surface area contributed by atoms with Gasteiger partial charge in [-0.1, -0.05) is 15.9 Å². The Balaban J connectivity index is 1.70. The Morgan fingerprint density at radius 1 is 1.12 bits per heavy atom. The minimum Gasteiger partial charge on any atom is -0.448 e. The van der Waals surface area contributed by atoms with Crippen molar-refractivity contribution < 1.29 is 4.42 Å². The summed E-state index contributed by atoms with van der Waals surface area (Å²) in [6.45, 7) is 0. The summed E-state index contributed by atoms with van der Waals surface area (Å²) in [4.78, 5) is 4.35. The molecule has 0 amide bonds. The Kier molecular flexibility index (Phi) is 2.39. The van der Waals surface area contributed by atoms with Gasteiger partial charge in [0.05, 0.1) is 5.69 Å². The lowest BCUT2D eigenvalue weighted by molar-refractivity contribution is -0.00990. The van der Waals surface area contributed by atoms with Crippen LogP contribution in [0.3, 0.4) is 0 Å². The van der Waals surface area contributed by atoms with Crippen LogP contribution in [0.1, 0.15) is 49.5 Å². The highest BCUT2D eigenvalue weighted by atomic mass is 79.9. The van der Waals surface area contributed by atoms with Crippen LogP contribution in [0, 0.1) is 23.7 Å². The molecule has 4 fully saturated rings. The van der Waals surface area contributed by atoms with Crippen LogP contribution in [0.2, 0.25) is 0 Å². The highest BCUT2D eigenvalue weighted by molar-refractivity contribution is 9.08. The number of halogens is 1. The van der Waals surface area contributed by atoms with Crippen LogP contribution in [0.4, 0.5) is 0 Å². The van der Waals surface area contributed by atoms with E-state index in [1.807, 2.05) is 0 Å². The van der Waals surface area contributed by atoms with Crippen molar-refractivity contribution in [1.82, 2.24) is 4.98 Å². The van der Waals surface area contributed by atoms with Gasteiger partial charge in [-0.25, -0.2) is 4.98 Å². The van der Waals surface area contributed by atoms with Gasteiger partial charge in [-0.2, -0.15) is 0 Å². The first-order valence-corrected chi connectivity index (χ1v) is 7.95. The maximum Gasteiger partial charge on any atom is 0.181 e. The predicted octanol–water partition coefficient (Wildman–Crippen LogP) is 4.11. The molecule has 4 bridgehead atoms. The molecular weight excluding hydrogens is 278 g/mol. The Morgan fingerprint density at radius 3 is 2.35 bits per heavy atom. The van der Waals surface area contributed by atoms with Gasteiger partial charge in [-0.15, -0.1) is 0 Å². The summed E-state index contributed by atoms with van der Waals surface area (Å²) < 4.78 is 5.74. The molecule has 1 aromatic rings. The number of alkyl halides is 1. The van der Waals surface area contributed by atoms with Crippen molar-refractivity contribution >= 4 is 15.9 Å². The second kappa shape index (κ2) is 3.84. The summed E-state index contributed by atoms with van der Waals surface area (Å²) in [5.74, 6) is 5.72.